The van der Waals surface area contributed by atoms with Gasteiger partial charge in [-0.25, -0.2) is 0 Å². The molecule has 0 bridgehead atoms. The van der Waals surface area contributed by atoms with Crippen LogP contribution in [-0.2, 0) is 4.79 Å². The quantitative estimate of drug-likeness (QED) is 0.849. The molecule has 0 atom stereocenters. The van der Waals surface area contributed by atoms with Crippen molar-refractivity contribution in [2.75, 3.05) is 32.7 Å². The highest BCUT2D eigenvalue weighted by Crippen LogP contribution is 2.12. The van der Waals surface area contributed by atoms with E-state index in [1.165, 1.54) is 0 Å². The Morgan fingerprint density at radius 1 is 1.15 bits per heavy atom. The Morgan fingerprint density at radius 3 is 2.54 bits per heavy atom. The molecule has 0 saturated carbocycles. The highest BCUT2D eigenvalue weighted by atomic mass is 16.2. The van der Waals surface area contributed by atoms with Crippen molar-refractivity contribution in [2.24, 2.45) is 0 Å². The van der Waals surface area contributed by atoms with Crippen molar-refractivity contribution in [3.8, 4) is 0 Å². The summed E-state index contributed by atoms with van der Waals surface area (Å²) in [6, 6.07) is 9.05. The second kappa shape index (κ2) is 7.70. The SMILES string of the molecule is CC(C)NC(=O)CN1CCN(C(=O)c2cc3ccccc3c(=O)[nH]2)CC1. The van der Waals surface area contributed by atoms with Crippen LogP contribution >= 0.6 is 0 Å². The van der Waals surface area contributed by atoms with E-state index in [2.05, 4.69) is 10.3 Å². The van der Waals surface area contributed by atoms with Crippen LogP contribution < -0.4 is 10.9 Å². The van der Waals surface area contributed by atoms with Gasteiger partial charge in [0.2, 0.25) is 5.91 Å². The molecule has 1 fully saturated rings. The summed E-state index contributed by atoms with van der Waals surface area (Å²) < 4.78 is 0. The van der Waals surface area contributed by atoms with E-state index in [1.807, 2.05) is 30.9 Å². The number of rotatable bonds is 4. The van der Waals surface area contributed by atoms with Crippen LogP contribution in [0.5, 0.6) is 0 Å². The number of benzene rings is 1. The minimum atomic E-state index is -0.254. The Bertz CT molecular complexity index is 866. The molecule has 3 rings (SSSR count). The highest BCUT2D eigenvalue weighted by molar-refractivity contribution is 5.96. The van der Waals surface area contributed by atoms with E-state index in [9.17, 15) is 14.4 Å². The Morgan fingerprint density at radius 2 is 1.85 bits per heavy atom. The van der Waals surface area contributed by atoms with Crippen LogP contribution in [0.4, 0.5) is 0 Å². The van der Waals surface area contributed by atoms with Crippen molar-refractivity contribution in [2.45, 2.75) is 19.9 Å². The maximum absolute atomic E-state index is 12.7. The summed E-state index contributed by atoms with van der Waals surface area (Å²) in [5.74, 6) is -0.183. The molecular weight excluding hydrogens is 332 g/mol. The molecule has 1 aromatic heterocycles. The molecule has 2 heterocycles. The van der Waals surface area contributed by atoms with Crippen molar-refractivity contribution >= 4 is 22.6 Å². The lowest BCUT2D eigenvalue weighted by Crippen LogP contribution is -2.51. The monoisotopic (exact) mass is 356 g/mol. The summed E-state index contributed by atoms with van der Waals surface area (Å²) in [7, 11) is 0. The zero-order chi connectivity index (χ0) is 18.7. The molecule has 7 nitrogen and oxygen atoms in total. The number of aromatic amines is 1. The Labute approximate surface area is 152 Å². The molecule has 0 radical (unpaired) electrons. The largest absolute Gasteiger partial charge is 0.353 e. The van der Waals surface area contributed by atoms with Gasteiger partial charge in [0.25, 0.3) is 11.5 Å². The zero-order valence-electron chi connectivity index (χ0n) is 15.1. The first-order valence-electron chi connectivity index (χ1n) is 8.87. The summed E-state index contributed by atoms with van der Waals surface area (Å²) in [5, 5.41) is 4.20. The lowest BCUT2D eigenvalue weighted by atomic mass is 10.1. The van der Waals surface area contributed by atoms with Gasteiger partial charge in [-0.05, 0) is 31.4 Å². The van der Waals surface area contributed by atoms with Crippen LogP contribution in [0.2, 0.25) is 0 Å². The van der Waals surface area contributed by atoms with Gasteiger partial charge in [-0.15, -0.1) is 0 Å². The number of pyridine rings is 1. The van der Waals surface area contributed by atoms with Crippen LogP contribution in [-0.4, -0.2) is 65.4 Å². The van der Waals surface area contributed by atoms with Crippen molar-refractivity contribution in [3.63, 3.8) is 0 Å². The molecule has 2 N–H and O–H groups in total. The van der Waals surface area contributed by atoms with Crippen LogP contribution in [0.3, 0.4) is 0 Å². The third-order valence-electron chi connectivity index (χ3n) is 4.46. The molecule has 26 heavy (non-hydrogen) atoms. The van der Waals surface area contributed by atoms with Gasteiger partial charge < -0.3 is 15.2 Å². The zero-order valence-corrected chi connectivity index (χ0v) is 15.1. The van der Waals surface area contributed by atoms with Crippen molar-refractivity contribution in [3.05, 3.63) is 46.4 Å². The maximum atomic E-state index is 12.7. The fourth-order valence-corrected chi connectivity index (χ4v) is 3.18. The van der Waals surface area contributed by atoms with Gasteiger partial charge >= 0.3 is 0 Å². The number of hydrogen-bond acceptors (Lipinski definition) is 4. The number of nitrogens with zero attached hydrogens (tertiary/aromatic N) is 2. The number of nitrogens with one attached hydrogen (secondary N) is 2. The number of hydrogen-bond donors (Lipinski definition) is 2. The van der Waals surface area contributed by atoms with Crippen LogP contribution in [0.25, 0.3) is 10.8 Å². The van der Waals surface area contributed by atoms with E-state index in [4.69, 9.17) is 0 Å². The molecule has 0 unspecified atom stereocenters. The summed E-state index contributed by atoms with van der Waals surface area (Å²) in [5.41, 5.74) is 0.0511. The van der Waals surface area contributed by atoms with E-state index < -0.39 is 0 Å². The predicted molar refractivity (Wildman–Crippen MR) is 100 cm³/mol. The number of fused-ring (bicyclic) bond motifs is 1. The Kier molecular flexibility index (Phi) is 5.37. The van der Waals surface area contributed by atoms with Gasteiger partial charge in [-0.1, -0.05) is 18.2 Å². The second-order valence-corrected chi connectivity index (χ2v) is 6.89. The van der Waals surface area contributed by atoms with Gasteiger partial charge in [0.15, 0.2) is 0 Å². The van der Waals surface area contributed by atoms with Crippen LogP contribution in [0, 0.1) is 0 Å². The number of amides is 2. The van der Waals surface area contributed by atoms with E-state index in [1.54, 1.807) is 23.1 Å². The number of piperazine rings is 1. The first-order valence-corrected chi connectivity index (χ1v) is 8.87. The van der Waals surface area contributed by atoms with E-state index >= 15 is 0 Å². The van der Waals surface area contributed by atoms with Crippen molar-refractivity contribution < 1.29 is 9.59 Å². The molecule has 1 saturated heterocycles. The molecule has 1 aromatic carbocycles. The number of aromatic nitrogens is 1. The van der Waals surface area contributed by atoms with Crippen LogP contribution in [0.1, 0.15) is 24.3 Å². The summed E-state index contributed by atoms with van der Waals surface area (Å²) in [4.78, 5) is 43.2. The Hall–Kier alpha value is -2.67. The second-order valence-electron chi connectivity index (χ2n) is 6.89. The first kappa shape index (κ1) is 18.1. The summed E-state index contributed by atoms with van der Waals surface area (Å²) in [6.07, 6.45) is 0. The fraction of sp³-hybridized carbons (Fsp3) is 0.421. The third kappa shape index (κ3) is 4.11. The van der Waals surface area contributed by atoms with E-state index in [0.717, 1.165) is 5.39 Å². The van der Waals surface area contributed by atoms with Gasteiger partial charge in [-0.3, -0.25) is 19.3 Å². The summed E-state index contributed by atoms with van der Waals surface area (Å²) >= 11 is 0. The van der Waals surface area contributed by atoms with E-state index in [0.29, 0.717) is 43.8 Å². The molecule has 2 amide bonds. The topological polar surface area (TPSA) is 85.5 Å². The van der Waals surface area contributed by atoms with E-state index in [-0.39, 0.29) is 23.4 Å². The maximum Gasteiger partial charge on any atom is 0.270 e. The minimum Gasteiger partial charge on any atom is -0.353 e. The average molecular weight is 356 g/mol. The molecule has 1 aliphatic rings. The fourth-order valence-electron chi connectivity index (χ4n) is 3.18. The molecule has 7 heteroatoms. The minimum absolute atomic E-state index is 0.00126. The highest BCUT2D eigenvalue weighted by Gasteiger charge is 2.24. The summed E-state index contributed by atoms with van der Waals surface area (Å²) in [6.45, 7) is 6.53. The Balaban J connectivity index is 1.64. The standard InChI is InChI=1S/C19H24N4O3/c1-13(2)20-17(24)12-22-7-9-23(10-8-22)19(26)16-11-14-5-3-4-6-15(14)18(25)21-16/h3-6,11,13H,7-10,12H2,1-2H3,(H,20,24)(H,21,25). The van der Waals surface area contributed by atoms with Gasteiger partial charge in [0.1, 0.15) is 5.69 Å². The number of carbonyl (C=O) groups excluding carboxylic acids is 2. The molecule has 138 valence electrons. The molecule has 2 aromatic rings. The molecule has 1 aliphatic heterocycles. The molecular formula is C19H24N4O3. The lowest BCUT2D eigenvalue weighted by molar-refractivity contribution is -0.123. The smallest absolute Gasteiger partial charge is 0.270 e. The predicted octanol–water partition coefficient (Wildman–Crippen LogP) is 0.811. The average Bonchev–Trinajstić information content (AvgIpc) is 2.61. The van der Waals surface area contributed by atoms with Gasteiger partial charge in [0, 0.05) is 37.6 Å². The van der Waals surface area contributed by atoms with Crippen molar-refractivity contribution in [1.29, 1.82) is 0 Å². The normalized spacial score (nSPS) is 15.4. The van der Waals surface area contributed by atoms with Gasteiger partial charge in [-0.2, -0.15) is 0 Å². The third-order valence-corrected chi connectivity index (χ3v) is 4.46. The first-order chi connectivity index (χ1) is 12.4. The van der Waals surface area contributed by atoms with Crippen LogP contribution in [0.15, 0.2) is 35.1 Å². The molecule has 0 spiro atoms. The molecule has 0 aliphatic carbocycles. The van der Waals surface area contributed by atoms with Crippen molar-refractivity contribution in [1.82, 2.24) is 20.1 Å². The van der Waals surface area contributed by atoms with Gasteiger partial charge in [0.05, 0.1) is 6.54 Å². The lowest BCUT2D eigenvalue weighted by Gasteiger charge is -2.34. The number of H-pyrrole nitrogens is 1. The number of carbonyl (C=O) groups is 2.